The van der Waals surface area contributed by atoms with Crippen LogP contribution in [-0.4, -0.2) is 28.0 Å². The van der Waals surface area contributed by atoms with Crippen LogP contribution in [0.5, 0.6) is 0 Å². The van der Waals surface area contributed by atoms with Gasteiger partial charge in [-0.25, -0.2) is 4.98 Å². The first kappa shape index (κ1) is 19.0. The highest BCUT2D eigenvalue weighted by atomic mass is 32.2. The first-order valence-electron chi connectivity index (χ1n) is 7.65. The molecule has 142 valence electrons. The molecule has 1 aliphatic heterocycles. The van der Waals surface area contributed by atoms with Gasteiger partial charge in [-0.2, -0.15) is 13.2 Å². The number of nitrogens with zero attached hydrogens (tertiary/aromatic N) is 1. The Morgan fingerprint density at radius 3 is 2.52 bits per heavy atom. The summed E-state index contributed by atoms with van der Waals surface area (Å²) < 4.78 is 37.8. The first-order chi connectivity index (χ1) is 12.7. The Balaban J connectivity index is 1.88. The van der Waals surface area contributed by atoms with Crippen molar-refractivity contribution >= 4 is 35.1 Å². The van der Waals surface area contributed by atoms with Crippen LogP contribution in [0.4, 0.5) is 24.7 Å². The molecular weight excluding hydrogens is 385 g/mol. The number of alkyl halides is 3. The number of aromatic nitrogens is 2. The summed E-state index contributed by atoms with van der Waals surface area (Å²) in [6.45, 7) is 0. The zero-order valence-corrected chi connectivity index (χ0v) is 14.6. The van der Waals surface area contributed by atoms with E-state index in [0.29, 0.717) is 0 Å². The lowest BCUT2D eigenvalue weighted by atomic mass is 9.92. The van der Waals surface area contributed by atoms with Crippen molar-refractivity contribution in [2.24, 2.45) is 0 Å². The van der Waals surface area contributed by atoms with Gasteiger partial charge < -0.3 is 15.6 Å². The second-order valence-electron chi connectivity index (χ2n) is 5.71. The summed E-state index contributed by atoms with van der Waals surface area (Å²) in [5, 5.41) is 5.18. The number of amides is 2. The minimum Gasteiger partial charge on any atom is -0.326 e. The van der Waals surface area contributed by atoms with E-state index in [1.807, 2.05) is 0 Å². The van der Waals surface area contributed by atoms with E-state index in [1.165, 1.54) is 0 Å². The van der Waals surface area contributed by atoms with E-state index >= 15 is 0 Å². The van der Waals surface area contributed by atoms with Crippen molar-refractivity contribution < 1.29 is 22.8 Å². The Morgan fingerprint density at radius 1 is 1.26 bits per heavy atom. The van der Waals surface area contributed by atoms with Gasteiger partial charge in [-0.05, 0) is 30.5 Å². The van der Waals surface area contributed by atoms with E-state index in [2.05, 4.69) is 20.6 Å². The molecule has 2 aromatic rings. The Morgan fingerprint density at radius 2 is 1.93 bits per heavy atom. The number of hydrogen-bond acceptors (Lipinski definition) is 5. The summed E-state index contributed by atoms with van der Waals surface area (Å²) in [6, 6.07) is 3.86. The molecule has 0 spiro atoms. The van der Waals surface area contributed by atoms with E-state index in [4.69, 9.17) is 0 Å². The van der Waals surface area contributed by atoms with E-state index < -0.39 is 35.0 Å². The molecule has 0 saturated heterocycles. The molecule has 1 aromatic heterocycles. The maximum Gasteiger partial charge on any atom is 0.416 e. The molecule has 1 aliphatic rings. The molecule has 0 unspecified atom stereocenters. The van der Waals surface area contributed by atoms with Gasteiger partial charge in [0.05, 0.1) is 17.0 Å². The minimum atomic E-state index is -4.49. The van der Waals surface area contributed by atoms with Gasteiger partial charge in [-0.15, -0.1) is 0 Å². The van der Waals surface area contributed by atoms with Gasteiger partial charge in [-0.1, -0.05) is 11.8 Å². The molecule has 11 heteroatoms. The molecule has 0 bridgehead atoms. The fourth-order valence-corrected chi connectivity index (χ4v) is 3.02. The van der Waals surface area contributed by atoms with Crippen molar-refractivity contribution in [3.8, 4) is 0 Å². The molecular formula is C16H13F3N4O3S. The lowest BCUT2D eigenvalue weighted by Crippen LogP contribution is -2.36. The molecule has 0 fully saturated rings. The van der Waals surface area contributed by atoms with Crippen LogP contribution in [0.3, 0.4) is 0 Å². The smallest absolute Gasteiger partial charge is 0.326 e. The van der Waals surface area contributed by atoms with Crippen molar-refractivity contribution in [3.05, 3.63) is 45.7 Å². The average molecular weight is 398 g/mol. The molecule has 0 aliphatic carbocycles. The van der Waals surface area contributed by atoms with Crippen molar-refractivity contribution in [1.29, 1.82) is 0 Å². The number of carbonyl (C=O) groups excluding carboxylic acids is 2. The summed E-state index contributed by atoms with van der Waals surface area (Å²) in [6.07, 6.45) is -3.08. The molecule has 1 atom stereocenters. The number of fused-ring (bicyclic) bond motifs is 1. The van der Waals surface area contributed by atoms with Gasteiger partial charge in [0.25, 0.3) is 5.56 Å². The Kier molecular flexibility index (Phi) is 4.96. The van der Waals surface area contributed by atoms with Crippen LogP contribution in [0.1, 0.15) is 23.5 Å². The van der Waals surface area contributed by atoms with Crippen LogP contribution in [0, 0.1) is 0 Å². The van der Waals surface area contributed by atoms with E-state index in [-0.39, 0.29) is 28.6 Å². The third-order valence-corrected chi connectivity index (χ3v) is 4.50. The monoisotopic (exact) mass is 398 g/mol. The minimum absolute atomic E-state index is 0.00641. The van der Waals surface area contributed by atoms with Crippen molar-refractivity contribution in [1.82, 2.24) is 9.97 Å². The van der Waals surface area contributed by atoms with E-state index in [0.717, 1.165) is 36.0 Å². The average Bonchev–Trinajstić information content (AvgIpc) is 2.60. The van der Waals surface area contributed by atoms with Gasteiger partial charge >= 0.3 is 6.18 Å². The molecule has 1 aromatic carbocycles. The van der Waals surface area contributed by atoms with Crippen LogP contribution in [0.15, 0.2) is 34.2 Å². The number of rotatable bonds is 3. The summed E-state index contributed by atoms with van der Waals surface area (Å²) >= 11 is 1.16. The highest BCUT2D eigenvalue weighted by Crippen LogP contribution is 2.32. The highest BCUT2D eigenvalue weighted by molar-refractivity contribution is 7.98. The summed E-state index contributed by atoms with van der Waals surface area (Å²) in [7, 11) is 0. The molecule has 2 heterocycles. The topological polar surface area (TPSA) is 104 Å². The van der Waals surface area contributed by atoms with Crippen molar-refractivity contribution in [2.75, 3.05) is 16.9 Å². The zero-order valence-electron chi connectivity index (χ0n) is 13.8. The lowest BCUT2D eigenvalue weighted by Gasteiger charge is -2.23. The predicted molar refractivity (Wildman–Crippen MR) is 92.7 cm³/mol. The normalized spacial score (nSPS) is 16.4. The van der Waals surface area contributed by atoms with E-state index in [1.54, 1.807) is 6.26 Å². The standard InChI is InChI=1S/C16H13F3N4O3S/c1-27-15-22-12-11(14(26)23-15)9(6-10(24)21-12)13(25)20-8-4-2-7(3-5-8)16(17,18)19/h2-5,9H,6H2,1H3,(H,20,25)(H2,21,22,23,24,26)/t9-/m0/s1. The Bertz CT molecular complexity index is 957. The van der Waals surface area contributed by atoms with Crippen molar-refractivity contribution in [2.45, 2.75) is 23.7 Å². The predicted octanol–water partition coefficient (Wildman–Crippen LogP) is 2.58. The van der Waals surface area contributed by atoms with Gasteiger partial charge in [0.15, 0.2) is 5.16 Å². The number of thioether (sulfide) groups is 1. The largest absolute Gasteiger partial charge is 0.416 e. The second kappa shape index (κ2) is 7.06. The van der Waals surface area contributed by atoms with Crippen LogP contribution in [0.25, 0.3) is 0 Å². The third-order valence-electron chi connectivity index (χ3n) is 3.92. The molecule has 27 heavy (non-hydrogen) atoms. The second-order valence-corrected chi connectivity index (χ2v) is 6.50. The summed E-state index contributed by atoms with van der Waals surface area (Å²) in [5.74, 6) is -2.27. The number of carbonyl (C=O) groups is 2. The van der Waals surface area contributed by atoms with E-state index in [9.17, 15) is 27.6 Å². The maximum absolute atomic E-state index is 12.6. The highest BCUT2D eigenvalue weighted by Gasteiger charge is 2.35. The molecule has 7 nitrogen and oxygen atoms in total. The van der Waals surface area contributed by atoms with Crippen LogP contribution in [-0.2, 0) is 15.8 Å². The van der Waals surface area contributed by atoms with Crippen molar-refractivity contribution in [3.63, 3.8) is 0 Å². The molecule has 3 rings (SSSR count). The molecule has 0 saturated carbocycles. The number of hydrogen-bond donors (Lipinski definition) is 3. The van der Waals surface area contributed by atoms with Gasteiger partial charge in [0.1, 0.15) is 5.82 Å². The van der Waals surface area contributed by atoms with Gasteiger partial charge in [-0.3, -0.25) is 14.4 Å². The number of anilines is 2. The third kappa shape index (κ3) is 3.97. The quantitative estimate of drug-likeness (QED) is 0.545. The van der Waals surface area contributed by atoms with Crippen LogP contribution >= 0.6 is 11.8 Å². The fraction of sp³-hybridized carbons (Fsp3) is 0.250. The number of aromatic amines is 1. The molecule has 3 N–H and O–H groups in total. The number of halogens is 3. The number of nitrogens with one attached hydrogen (secondary N) is 3. The summed E-state index contributed by atoms with van der Waals surface area (Å²) in [5.41, 5.74) is -1.28. The molecule has 0 radical (unpaired) electrons. The van der Waals surface area contributed by atoms with Crippen LogP contribution in [0.2, 0.25) is 0 Å². The summed E-state index contributed by atoms with van der Waals surface area (Å²) in [4.78, 5) is 43.4. The Labute approximate surface area is 154 Å². The van der Waals surface area contributed by atoms with Gasteiger partial charge in [0, 0.05) is 12.1 Å². The number of H-pyrrole nitrogens is 1. The number of benzene rings is 1. The molecule has 2 amide bonds. The maximum atomic E-state index is 12.6. The van der Waals surface area contributed by atoms with Gasteiger partial charge in [0.2, 0.25) is 11.8 Å². The SMILES string of the molecule is CSc1nc2c(c(=O)[nH]1)[C@@H](C(=O)Nc1ccc(C(F)(F)F)cc1)CC(=O)N2. The van der Waals surface area contributed by atoms with Crippen LogP contribution < -0.4 is 16.2 Å². The Hall–Kier alpha value is -2.82. The first-order valence-corrected chi connectivity index (χ1v) is 8.87. The lowest BCUT2D eigenvalue weighted by molar-refractivity contribution is -0.137. The fourth-order valence-electron chi connectivity index (χ4n) is 2.64. The zero-order chi connectivity index (χ0) is 19.8.